The van der Waals surface area contributed by atoms with Crippen molar-refractivity contribution in [1.29, 1.82) is 0 Å². The van der Waals surface area contributed by atoms with Crippen molar-refractivity contribution in [3.05, 3.63) is 35.4 Å². The summed E-state index contributed by atoms with van der Waals surface area (Å²) in [7, 11) is 0. The van der Waals surface area contributed by atoms with E-state index in [9.17, 15) is 4.79 Å². The molecule has 1 saturated heterocycles. The predicted molar refractivity (Wildman–Crippen MR) is 69.9 cm³/mol. The first-order chi connectivity index (χ1) is 8.00. The van der Waals surface area contributed by atoms with Crippen LogP contribution in [0.4, 0.5) is 0 Å². The molecule has 1 aliphatic heterocycles. The fourth-order valence-corrected chi connectivity index (χ4v) is 2.50. The van der Waals surface area contributed by atoms with E-state index in [0.717, 1.165) is 25.9 Å². The summed E-state index contributed by atoms with van der Waals surface area (Å²) in [5.74, 6) is 0.372. The van der Waals surface area contributed by atoms with E-state index in [-0.39, 0.29) is 5.54 Å². The first-order valence-electron chi connectivity index (χ1n) is 6.34. The second-order valence-electron chi connectivity index (χ2n) is 5.50. The Kier molecular flexibility index (Phi) is 3.34. The van der Waals surface area contributed by atoms with Crippen molar-refractivity contribution < 1.29 is 4.79 Å². The molecule has 0 bridgehead atoms. The molecule has 92 valence electrons. The fraction of sp³-hybridized carbons (Fsp3) is 0.533. The van der Waals surface area contributed by atoms with Gasteiger partial charge in [-0.05, 0) is 39.3 Å². The number of rotatable bonds is 2. The van der Waals surface area contributed by atoms with Crippen LogP contribution in [0.15, 0.2) is 24.3 Å². The molecule has 0 unspecified atom stereocenters. The van der Waals surface area contributed by atoms with Crippen LogP contribution in [0.3, 0.4) is 0 Å². The number of piperidine rings is 1. The SMILES string of the molecule is Cc1cccc(CN2CCCC(=O)C2(C)C)c1. The molecule has 0 spiro atoms. The van der Waals surface area contributed by atoms with Crippen molar-refractivity contribution in [2.24, 2.45) is 0 Å². The van der Waals surface area contributed by atoms with E-state index in [1.807, 2.05) is 13.8 Å². The molecule has 2 nitrogen and oxygen atoms in total. The molecule has 1 aromatic rings. The Hall–Kier alpha value is -1.15. The first-order valence-corrected chi connectivity index (χ1v) is 6.34. The van der Waals surface area contributed by atoms with Crippen molar-refractivity contribution in [3.63, 3.8) is 0 Å². The van der Waals surface area contributed by atoms with E-state index in [1.54, 1.807) is 0 Å². The van der Waals surface area contributed by atoms with Crippen LogP contribution in [0, 0.1) is 6.92 Å². The molecule has 0 saturated carbocycles. The summed E-state index contributed by atoms with van der Waals surface area (Å²) >= 11 is 0. The van der Waals surface area contributed by atoms with E-state index in [2.05, 4.69) is 36.1 Å². The molecule has 0 N–H and O–H groups in total. The molecular formula is C15H21NO. The van der Waals surface area contributed by atoms with Crippen LogP contribution in [0.1, 0.15) is 37.8 Å². The summed E-state index contributed by atoms with van der Waals surface area (Å²) in [6.45, 7) is 8.09. The Morgan fingerprint density at radius 3 is 2.82 bits per heavy atom. The molecule has 2 heteroatoms. The number of Topliss-reactive ketones (excluding diaryl/α,β-unsaturated/α-hetero) is 1. The lowest BCUT2D eigenvalue weighted by molar-refractivity contribution is -0.133. The van der Waals surface area contributed by atoms with Gasteiger partial charge in [0.25, 0.3) is 0 Å². The molecule has 1 heterocycles. The first kappa shape index (κ1) is 12.3. The minimum atomic E-state index is -0.304. The van der Waals surface area contributed by atoms with Crippen molar-refractivity contribution >= 4 is 5.78 Å². The largest absolute Gasteiger partial charge is 0.298 e. The van der Waals surface area contributed by atoms with Crippen molar-refractivity contribution in [2.75, 3.05) is 6.54 Å². The normalized spacial score (nSPS) is 20.5. The maximum absolute atomic E-state index is 11.9. The van der Waals surface area contributed by atoms with Gasteiger partial charge in [0.15, 0.2) is 5.78 Å². The molecule has 0 aromatic heterocycles. The lowest BCUT2D eigenvalue weighted by Crippen LogP contribution is -2.53. The van der Waals surface area contributed by atoms with Gasteiger partial charge < -0.3 is 0 Å². The second-order valence-corrected chi connectivity index (χ2v) is 5.50. The van der Waals surface area contributed by atoms with Crippen LogP contribution in [-0.4, -0.2) is 22.8 Å². The van der Waals surface area contributed by atoms with Gasteiger partial charge in [-0.2, -0.15) is 0 Å². The Labute approximate surface area is 104 Å². The molecule has 1 fully saturated rings. The highest BCUT2D eigenvalue weighted by Gasteiger charge is 2.36. The van der Waals surface area contributed by atoms with Gasteiger partial charge in [-0.1, -0.05) is 29.8 Å². The zero-order valence-corrected chi connectivity index (χ0v) is 11.0. The molecule has 1 aliphatic rings. The Balaban J connectivity index is 2.15. The number of nitrogens with zero attached hydrogens (tertiary/aromatic N) is 1. The van der Waals surface area contributed by atoms with Crippen molar-refractivity contribution in [2.45, 2.75) is 45.7 Å². The molecule has 2 rings (SSSR count). The van der Waals surface area contributed by atoms with Gasteiger partial charge in [-0.15, -0.1) is 0 Å². The predicted octanol–water partition coefficient (Wildman–Crippen LogP) is 2.94. The smallest absolute Gasteiger partial charge is 0.152 e. The highest BCUT2D eigenvalue weighted by molar-refractivity contribution is 5.88. The van der Waals surface area contributed by atoms with Crippen LogP contribution in [0.25, 0.3) is 0 Å². The van der Waals surface area contributed by atoms with Crippen LogP contribution in [0.5, 0.6) is 0 Å². The van der Waals surface area contributed by atoms with Gasteiger partial charge in [0.2, 0.25) is 0 Å². The maximum atomic E-state index is 11.9. The number of hydrogen-bond acceptors (Lipinski definition) is 2. The summed E-state index contributed by atoms with van der Waals surface area (Å²) in [6, 6.07) is 8.54. The van der Waals surface area contributed by atoms with E-state index >= 15 is 0 Å². The number of carbonyl (C=O) groups is 1. The fourth-order valence-electron chi connectivity index (χ4n) is 2.50. The van der Waals surface area contributed by atoms with Gasteiger partial charge in [0, 0.05) is 13.0 Å². The lowest BCUT2D eigenvalue weighted by atomic mass is 9.88. The zero-order valence-electron chi connectivity index (χ0n) is 11.0. The molecule has 17 heavy (non-hydrogen) atoms. The lowest BCUT2D eigenvalue weighted by Gasteiger charge is -2.41. The molecule has 0 aliphatic carbocycles. The standard InChI is InChI=1S/C15H21NO/c1-12-6-4-7-13(10-12)11-16-9-5-8-14(17)15(16,2)3/h4,6-7,10H,5,8-9,11H2,1-3H3. The summed E-state index contributed by atoms with van der Waals surface area (Å²) in [5, 5.41) is 0. The minimum Gasteiger partial charge on any atom is -0.298 e. The van der Waals surface area contributed by atoms with Gasteiger partial charge >= 0.3 is 0 Å². The minimum absolute atomic E-state index is 0.304. The van der Waals surface area contributed by atoms with Crippen LogP contribution < -0.4 is 0 Å². The van der Waals surface area contributed by atoms with Crippen LogP contribution >= 0.6 is 0 Å². The summed E-state index contributed by atoms with van der Waals surface area (Å²) < 4.78 is 0. The number of likely N-dealkylation sites (tertiary alicyclic amines) is 1. The van der Waals surface area contributed by atoms with E-state index in [1.165, 1.54) is 11.1 Å². The number of ketones is 1. The summed E-state index contributed by atoms with van der Waals surface area (Å²) in [5.41, 5.74) is 2.28. The molecule has 1 aromatic carbocycles. The van der Waals surface area contributed by atoms with Crippen LogP contribution in [0.2, 0.25) is 0 Å². The van der Waals surface area contributed by atoms with E-state index in [4.69, 9.17) is 0 Å². The average molecular weight is 231 g/mol. The van der Waals surface area contributed by atoms with Gasteiger partial charge in [-0.25, -0.2) is 0 Å². The number of hydrogen-bond donors (Lipinski definition) is 0. The third kappa shape index (κ3) is 2.58. The quantitative estimate of drug-likeness (QED) is 0.780. The highest BCUT2D eigenvalue weighted by atomic mass is 16.1. The van der Waals surface area contributed by atoms with E-state index in [0.29, 0.717) is 5.78 Å². The molecular weight excluding hydrogens is 210 g/mol. The van der Waals surface area contributed by atoms with Gasteiger partial charge in [0.1, 0.15) is 0 Å². The van der Waals surface area contributed by atoms with Gasteiger partial charge in [-0.3, -0.25) is 9.69 Å². The average Bonchev–Trinajstić information content (AvgIpc) is 2.25. The third-order valence-electron chi connectivity index (χ3n) is 3.76. The van der Waals surface area contributed by atoms with E-state index < -0.39 is 0 Å². The number of carbonyl (C=O) groups excluding carboxylic acids is 1. The van der Waals surface area contributed by atoms with Crippen molar-refractivity contribution in [1.82, 2.24) is 4.90 Å². The second kappa shape index (κ2) is 4.61. The number of benzene rings is 1. The highest BCUT2D eigenvalue weighted by Crippen LogP contribution is 2.26. The van der Waals surface area contributed by atoms with Crippen molar-refractivity contribution in [3.8, 4) is 0 Å². The third-order valence-corrected chi connectivity index (χ3v) is 3.76. The Morgan fingerprint density at radius 1 is 1.35 bits per heavy atom. The molecule has 0 amide bonds. The summed E-state index contributed by atoms with van der Waals surface area (Å²) in [6.07, 6.45) is 1.73. The number of aryl methyl sites for hydroxylation is 1. The molecule has 0 radical (unpaired) electrons. The topological polar surface area (TPSA) is 20.3 Å². The van der Waals surface area contributed by atoms with Gasteiger partial charge in [0.05, 0.1) is 5.54 Å². The molecule has 0 atom stereocenters. The maximum Gasteiger partial charge on any atom is 0.152 e. The Morgan fingerprint density at radius 2 is 2.12 bits per heavy atom. The van der Waals surface area contributed by atoms with Crippen LogP contribution in [-0.2, 0) is 11.3 Å². The Bertz CT molecular complexity index is 423. The monoisotopic (exact) mass is 231 g/mol. The zero-order chi connectivity index (χ0) is 12.5. The summed E-state index contributed by atoms with van der Waals surface area (Å²) in [4.78, 5) is 14.2.